The van der Waals surface area contributed by atoms with Gasteiger partial charge in [-0.2, -0.15) is 0 Å². The fraction of sp³-hybridized carbons (Fsp3) is 0.295. The van der Waals surface area contributed by atoms with Crippen molar-refractivity contribution in [2.45, 2.75) is 44.1 Å². The van der Waals surface area contributed by atoms with Crippen LogP contribution in [0.15, 0.2) is 109 Å². The van der Waals surface area contributed by atoms with Gasteiger partial charge in [0, 0.05) is 18.5 Å². The lowest BCUT2D eigenvalue weighted by Crippen LogP contribution is -2.52. The highest BCUT2D eigenvalue weighted by Crippen LogP contribution is 2.36. The first-order valence-corrected chi connectivity index (χ1v) is 19.4. The Bertz CT molecular complexity index is 2110. The number of hydrogen-bond donors (Lipinski definition) is 1. The van der Waals surface area contributed by atoms with Crippen LogP contribution in [0.3, 0.4) is 0 Å². The molecule has 5 aromatic rings. The number of methoxy groups -OCH3 is 2. The molecule has 3 fully saturated rings. The summed E-state index contributed by atoms with van der Waals surface area (Å²) in [4.78, 5) is 32.1. The molecule has 8 rings (SSSR count). The van der Waals surface area contributed by atoms with Gasteiger partial charge in [0.05, 0.1) is 25.8 Å². The minimum atomic E-state index is -0.744. The van der Waals surface area contributed by atoms with Crippen molar-refractivity contribution in [1.29, 1.82) is 0 Å². The van der Waals surface area contributed by atoms with E-state index in [2.05, 4.69) is 15.2 Å². The number of nitrogens with one attached hydrogen (secondary N) is 2. The number of alkyl carbamates (subject to hydrolysis) is 1. The van der Waals surface area contributed by atoms with Gasteiger partial charge in [-0.15, -0.1) is 0 Å². The monoisotopic (exact) mass is 796 g/mol. The molecular formula is C44H44Cl2N3O7+. The molecule has 0 saturated carbocycles. The van der Waals surface area contributed by atoms with Gasteiger partial charge in [0.1, 0.15) is 34.6 Å². The normalized spacial score (nSPS) is 18.3. The predicted molar refractivity (Wildman–Crippen MR) is 212 cm³/mol. The molecule has 3 aliphatic heterocycles. The number of aromatic amines is 1. The number of rotatable bonds is 14. The SMILES string of the molecule is COc1ccc([C@H](Cc2c(Cl)c[nH+]cc2Cl)OC(=O)c2ccc(COc3cccc([C@@H](NC(=O)O[C@H]4CN5CCC4CC5)c4ccccc4)c3)cc2)cc1OC. The number of halogens is 2. The third kappa shape index (κ3) is 9.38. The first-order chi connectivity index (χ1) is 27.3. The molecule has 0 unspecified atom stereocenters. The second-order valence-corrected chi connectivity index (χ2v) is 14.8. The van der Waals surface area contributed by atoms with Gasteiger partial charge in [0.2, 0.25) is 0 Å². The van der Waals surface area contributed by atoms with Gasteiger partial charge in [0.15, 0.2) is 23.9 Å². The van der Waals surface area contributed by atoms with Crippen LogP contribution in [0.4, 0.5) is 4.79 Å². The van der Waals surface area contributed by atoms with Crippen molar-refractivity contribution in [1.82, 2.24) is 10.2 Å². The van der Waals surface area contributed by atoms with Crippen molar-refractivity contribution < 1.29 is 38.3 Å². The van der Waals surface area contributed by atoms with Crippen LogP contribution in [-0.4, -0.2) is 56.9 Å². The number of esters is 1. The molecule has 3 atom stereocenters. The van der Waals surface area contributed by atoms with E-state index in [-0.39, 0.29) is 19.1 Å². The number of piperidine rings is 3. The molecule has 10 nitrogen and oxygen atoms in total. The lowest BCUT2D eigenvalue weighted by molar-refractivity contribution is -0.377. The highest BCUT2D eigenvalue weighted by molar-refractivity contribution is 6.35. The molecule has 290 valence electrons. The molecule has 56 heavy (non-hydrogen) atoms. The summed E-state index contributed by atoms with van der Waals surface area (Å²) in [7, 11) is 3.10. The smallest absolute Gasteiger partial charge is 0.408 e. The number of fused-ring (bicyclic) bond motifs is 3. The number of hydrogen-bond acceptors (Lipinski definition) is 8. The Kier molecular flexibility index (Phi) is 12.6. The van der Waals surface area contributed by atoms with Crippen molar-refractivity contribution in [2.24, 2.45) is 5.92 Å². The Morgan fingerprint density at radius 2 is 1.54 bits per heavy atom. The Hall–Kier alpha value is -5.29. The summed E-state index contributed by atoms with van der Waals surface area (Å²) in [6.45, 7) is 3.19. The van der Waals surface area contributed by atoms with Crippen LogP contribution in [0.2, 0.25) is 10.0 Å². The van der Waals surface area contributed by atoms with Gasteiger partial charge in [-0.3, -0.25) is 4.90 Å². The maximum Gasteiger partial charge on any atom is 0.408 e. The summed E-state index contributed by atoms with van der Waals surface area (Å²) in [5.41, 5.74) is 4.31. The van der Waals surface area contributed by atoms with Crippen molar-refractivity contribution >= 4 is 35.3 Å². The summed E-state index contributed by atoms with van der Waals surface area (Å²) in [5.74, 6) is 1.56. The van der Waals surface area contributed by atoms with Crippen molar-refractivity contribution in [2.75, 3.05) is 33.9 Å². The Morgan fingerprint density at radius 1 is 0.821 bits per heavy atom. The highest BCUT2D eigenvalue weighted by atomic mass is 35.5. The topological polar surface area (TPSA) is 110 Å². The van der Waals surface area contributed by atoms with Crippen LogP contribution in [0, 0.1) is 5.92 Å². The Labute approximate surface area is 336 Å². The molecule has 12 heteroatoms. The molecule has 1 amide bonds. The van der Waals surface area contributed by atoms with E-state index in [1.807, 2.05) is 72.8 Å². The van der Waals surface area contributed by atoms with Crippen LogP contribution in [0.1, 0.15) is 63.2 Å². The predicted octanol–water partition coefficient (Wildman–Crippen LogP) is 8.45. The van der Waals surface area contributed by atoms with E-state index < -0.39 is 24.2 Å². The van der Waals surface area contributed by atoms with E-state index in [1.165, 1.54) is 0 Å². The largest absolute Gasteiger partial charge is 0.493 e. The molecule has 0 aliphatic carbocycles. The Balaban J connectivity index is 1.02. The van der Waals surface area contributed by atoms with Crippen LogP contribution < -0.4 is 24.5 Å². The fourth-order valence-electron chi connectivity index (χ4n) is 7.36. The maximum absolute atomic E-state index is 13.6. The second-order valence-electron chi connectivity index (χ2n) is 14.0. The minimum Gasteiger partial charge on any atom is -0.493 e. The lowest BCUT2D eigenvalue weighted by Gasteiger charge is -2.43. The third-order valence-corrected chi connectivity index (χ3v) is 11.1. The van der Waals surface area contributed by atoms with E-state index >= 15 is 0 Å². The van der Waals surface area contributed by atoms with Crippen LogP contribution in [0.5, 0.6) is 17.2 Å². The van der Waals surface area contributed by atoms with Gasteiger partial charge >= 0.3 is 12.1 Å². The van der Waals surface area contributed by atoms with Gasteiger partial charge < -0.3 is 29.0 Å². The van der Waals surface area contributed by atoms with Gasteiger partial charge in [-0.25, -0.2) is 14.6 Å². The van der Waals surface area contributed by atoms with Crippen molar-refractivity contribution in [3.05, 3.63) is 153 Å². The molecular weight excluding hydrogens is 753 g/mol. The highest BCUT2D eigenvalue weighted by Gasteiger charge is 2.37. The zero-order valence-corrected chi connectivity index (χ0v) is 32.7. The average Bonchev–Trinajstić information content (AvgIpc) is 3.23. The second kappa shape index (κ2) is 18.1. The molecule has 4 heterocycles. The lowest BCUT2D eigenvalue weighted by atomic mass is 9.86. The molecule has 0 spiro atoms. The van der Waals surface area contributed by atoms with E-state index in [1.54, 1.807) is 50.9 Å². The third-order valence-electron chi connectivity index (χ3n) is 10.5. The summed E-state index contributed by atoms with van der Waals surface area (Å²) < 4.78 is 29.2. The summed E-state index contributed by atoms with van der Waals surface area (Å²) in [6, 6.07) is 29.5. The molecule has 4 aromatic carbocycles. The average molecular weight is 798 g/mol. The Morgan fingerprint density at radius 3 is 2.21 bits per heavy atom. The maximum atomic E-state index is 13.6. The van der Waals surface area contributed by atoms with Gasteiger partial charge in [-0.05, 0) is 90.5 Å². The first kappa shape index (κ1) is 39.0. The number of pyridine rings is 1. The fourth-order valence-corrected chi connectivity index (χ4v) is 7.89. The molecule has 2 bridgehead atoms. The molecule has 3 aliphatic rings. The van der Waals surface area contributed by atoms with E-state index in [0.717, 1.165) is 49.2 Å². The summed E-state index contributed by atoms with van der Waals surface area (Å²) >= 11 is 13.0. The molecule has 1 aromatic heterocycles. The minimum absolute atomic E-state index is 0.0952. The number of nitrogens with zero attached hydrogens (tertiary/aromatic N) is 1. The number of carbonyl (C=O) groups is 2. The molecule has 3 saturated heterocycles. The summed E-state index contributed by atoms with van der Waals surface area (Å²) in [5, 5.41) is 3.96. The van der Waals surface area contributed by atoms with Crippen LogP contribution in [-0.2, 0) is 22.5 Å². The number of amides is 1. The van der Waals surface area contributed by atoms with Gasteiger partial charge in [-0.1, -0.05) is 83.9 Å². The zero-order valence-electron chi connectivity index (χ0n) is 31.2. The van der Waals surface area contributed by atoms with Crippen LogP contribution in [0.25, 0.3) is 0 Å². The van der Waals surface area contributed by atoms with Gasteiger partial charge in [0.25, 0.3) is 0 Å². The van der Waals surface area contributed by atoms with Crippen LogP contribution >= 0.6 is 23.2 Å². The first-order valence-electron chi connectivity index (χ1n) is 18.6. The van der Waals surface area contributed by atoms with Crippen molar-refractivity contribution in [3.63, 3.8) is 0 Å². The number of H-pyrrole nitrogens is 1. The number of ether oxygens (including phenoxy) is 5. The number of aromatic nitrogens is 1. The van der Waals surface area contributed by atoms with Crippen molar-refractivity contribution in [3.8, 4) is 17.2 Å². The quantitative estimate of drug-likeness (QED) is 0.112. The molecule has 0 radical (unpaired) electrons. The zero-order chi connectivity index (χ0) is 39.0. The summed E-state index contributed by atoms with van der Waals surface area (Å²) in [6.07, 6.45) is 4.33. The molecule has 2 N–H and O–H groups in total. The van der Waals surface area contributed by atoms with E-state index in [4.69, 9.17) is 46.9 Å². The standard InChI is InChI=1S/C44H43Cl2N3O7/c1-52-38-16-15-32(22-40(38)53-2)39(23-35-36(45)24-47-25-37(35)46)55-43(50)31-13-11-28(12-14-31)27-54-34-10-6-9-33(21-34)42(30-7-4-3-5-8-30)48-44(51)56-41-26-49-19-17-29(41)18-20-49/h3-16,21-22,24-25,29,39,41-42H,17-20,23,26-27H2,1-2H3,(H,48,51)/p+1/t39-,41-,42-/m0/s1. The van der Waals surface area contributed by atoms with E-state index in [0.29, 0.717) is 49.9 Å². The number of benzene rings is 4. The van der Waals surface area contributed by atoms with E-state index in [9.17, 15) is 9.59 Å². The number of carbonyl (C=O) groups excluding carboxylic acids is 2.